The van der Waals surface area contributed by atoms with Crippen molar-refractivity contribution in [1.29, 1.82) is 0 Å². The average Bonchev–Trinajstić information content (AvgIpc) is 3.04. The van der Waals surface area contributed by atoms with Crippen molar-refractivity contribution in [3.8, 4) is 0 Å². The molecule has 0 aliphatic carbocycles. The SMILES string of the molecule is CCCCC/C=C\C/C=C\CCCCCCCCCC(=O)NC(CO)C(O)C(O)CCC/C=C/CC/C=C/CCCCCCC. The van der Waals surface area contributed by atoms with Crippen molar-refractivity contribution in [3.63, 3.8) is 0 Å². The van der Waals surface area contributed by atoms with Gasteiger partial charge >= 0.3 is 0 Å². The highest BCUT2D eigenvalue weighted by atomic mass is 16.3. The maximum atomic E-state index is 12.4. The number of hydrogen-bond donors (Lipinski definition) is 4. The lowest BCUT2D eigenvalue weighted by atomic mass is 10.0. The van der Waals surface area contributed by atoms with Crippen molar-refractivity contribution in [1.82, 2.24) is 5.32 Å². The first-order valence-corrected chi connectivity index (χ1v) is 18.9. The summed E-state index contributed by atoms with van der Waals surface area (Å²) < 4.78 is 0. The minimum absolute atomic E-state index is 0.170. The van der Waals surface area contributed by atoms with Crippen LogP contribution < -0.4 is 5.32 Å². The van der Waals surface area contributed by atoms with Gasteiger partial charge in [-0.25, -0.2) is 0 Å². The van der Waals surface area contributed by atoms with Crippen LogP contribution in [0.1, 0.15) is 174 Å². The van der Waals surface area contributed by atoms with E-state index in [4.69, 9.17) is 0 Å². The smallest absolute Gasteiger partial charge is 0.220 e. The molecule has 0 saturated heterocycles. The summed E-state index contributed by atoms with van der Waals surface area (Å²) >= 11 is 0. The van der Waals surface area contributed by atoms with Crippen LogP contribution in [0.3, 0.4) is 0 Å². The molecule has 1 amide bonds. The number of aliphatic hydroxyl groups excluding tert-OH is 3. The summed E-state index contributed by atoms with van der Waals surface area (Å²) in [6.45, 7) is 4.10. The van der Waals surface area contributed by atoms with Crippen molar-refractivity contribution in [2.24, 2.45) is 0 Å². The van der Waals surface area contributed by atoms with E-state index in [1.165, 1.54) is 89.9 Å². The number of hydrogen-bond acceptors (Lipinski definition) is 4. The van der Waals surface area contributed by atoms with Gasteiger partial charge < -0.3 is 20.6 Å². The maximum absolute atomic E-state index is 12.4. The van der Waals surface area contributed by atoms with Crippen LogP contribution in [-0.4, -0.2) is 46.1 Å². The molecule has 45 heavy (non-hydrogen) atoms. The molecule has 5 heteroatoms. The third-order valence-electron chi connectivity index (χ3n) is 8.38. The van der Waals surface area contributed by atoms with E-state index in [1.807, 2.05) is 0 Å². The lowest BCUT2D eigenvalue weighted by Gasteiger charge is -2.26. The standard InChI is InChI=1S/C40H73NO4/c1-3-5-7-9-11-13-15-17-19-20-21-23-25-27-29-31-33-35-39(44)41-37(36-42)40(45)38(43)34-32-30-28-26-24-22-18-16-14-12-10-8-6-4-2/h11,13,16-19,26,28,37-38,40,42-43,45H,3-10,12,14-15,20-25,27,29-36H2,1-2H3,(H,41,44)/b13-11-,18-16+,19-17-,28-26+. The van der Waals surface area contributed by atoms with Gasteiger partial charge in [0.15, 0.2) is 0 Å². The summed E-state index contributed by atoms with van der Waals surface area (Å²) in [5, 5.41) is 33.3. The van der Waals surface area contributed by atoms with Gasteiger partial charge in [-0.15, -0.1) is 0 Å². The Hall–Kier alpha value is -1.69. The number of carbonyl (C=O) groups is 1. The number of carbonyl (C=O) groups excluding carboxylic acids is 1. The fourth-order valence-corrected chi connectivity index (χ4v) is 5.38. The number of nitrogens with one attached hydrogen (secondary N) is 1. The molecule has 0 heterocycles. The van der Waals surface area contributed by atoms with Crippen LogP contribution in [0.4, 0.5) is 0 Å². The van der Waals surface area contributed by atoms with E-state index in [1.54, 1.807) is 0 Å². The third-order valence-corrected chi connectivity index (χ3v) is 8.38. The van der Waals surface area contributed by atoms with Crippen LogP contribution >= 0.6 is 0 Å². The van der Waals surface area contributed by atoms with E-state index in [9.17, 15) is 20.1 Å². The number of unbranched alkanes of at least 4 members (excludes halogenated alkanes) is 17. The molecule has 0 aliphatic rings. The molecule has 0 fully saturated rings. The quantitative estimate of drug-likeness (QED) is 0.0429. The Morgan fingerprint density at radius 2 is 0.978 bits per heavy atom. The van der Waals surface area contributed by atoms with E-state index in [-0.39, 0.29) is 12.5 Å². The molecule has 4 N–H and O–H groups in total. The van der Waals surface area contributed by atoms with E-state index >= 15 is 0 Å². The molecule has 3 unspecified atom stereocenters. The van der Waals surface area contributed by atoms with Gasteiger partial charge in [0.1, 0.15) is 6.10 Å². The van der Waals surface area contributed by atoms with Crippen molar-refractivity contribution in [2.45, 2.75) is 193 Å². The molecule has 3 atom stereocenters. The predicted molar refractivity (Wildman–Crippen MR) is 194 cm³/mol. The molecule has 0 rings (SSSR count). The normalized spacial score (nSPS) is 14.3. The van der Waals surface area contributed by atoms with E-state index in [0.717, 1.165) is 57.8 Å². The van der Waals surface area contributed by atoms with Crippen LogP contribution in [0.15, 0.2) is 48.6 Å². The van der Waals surface area contributed by atoms with Crippen LogP contribution in [0.25, 0.3) is 0 Å². The molecule has 0 spiro atoms. The Morgan fingerprint density at radius 1 is 0.556 bits per heavy atom. The summed E-state index contributed by atoms with van der Waals surface area (Å²) in [5.74, 6) is -0.170. The van der Waals surface area contributed by atoms with E-state index < -0.39 is 18.2 Å². The average molecular weight is 632 g/mol. The highest BCUT2D eigenvalue weighted by molar-refractivity contribution is 5.76. The minimum atomic E-state index is -1.17. The summed E-state index contributed by atoms with van der Waals surface area (Å²) in [7, 11) is 0. The summed E-state index contributed by atoms with van der Waals surface area (Å²) in [6, 6.07) is -0.836. The Balaban J connectivity index is 3.78. The van der Waals surface area contributed by atoms with Crippen LogP contribution in [0.5, 0.6) is 0 Å². The van der Waals surface area contributed by atoms with Crippen molar-refractivity contribution < 1.29 is 20.1 Å². The summed E-state index contributed by atoms with van der Waals surface area (Å²) in [6.07, 6.45) is 43.4. The summed E-state index contributed by atoms with van der Waals surface area (Å²) in [5.41, 5.74) is 0. The highest BCUT2D eigenvalue weighted by Gasteiger charge is 2.26. The molecule has 0 bridgehead atoms. The zero-order chi connectivity index (χ0) is 33.1. The van der Waals surface area contributed by atoms with Crippen LogP contribution in [-0.2, 0) is 4.79 Å². The molecule has 0 aliphatic heterocycles. The van der Waals surface area contributed by atoms with Crippen LogP contribution in [0.2, 0.25) is 0 Å². The Bertz CT molecular complexity index is 745. The van der Waals surface area contributed by atoms with Gasteiger partial charge in [0.05, 0.1) is 18.8 Å². The molecule has 0 aromatic rings. The molecule has 262 valence electrons. The Morgan fingerprint density at radius 3 is 1.53 bits per heavy atom. The van der Waals surface area contributed by atoms with Gasteiger partial charge in [0, 0.05) is 6.42 Å². The molecule has 0 saturated carbocycles. The second kappa shape index (κ2) is 35.2. The van der Waals surface area contributed by atoms with Crippen molar-refractivity contribution in [3.05, 3.63) is 48.6 Å². The number of aliphatic hydroxyl groups is 3. The number of rotatable bonds is 33. The van der Waals surface area contributed by atoms with Gasteiger partial charge in [-0.1, -0.05) is 133 Å². The first kappa shape index (κ1) is 43.3. The second-order valence-corrected chi connectivity index (χ2v) is 12.8. The lowest BCUT2D eigenvalue weighted by molar-refractivity contribution is -0.124. The van der Waals surface area contributed by atoms with Gasteiger partial charge in [-0.05, 0) is 83.5 Å². The van der Waals surface area contributed by atoms with Gasteiger partial charge in [-0.2, -0.15) is 0 Å². The maximum Gasteiger partial charge on any atom is 0.220 e. The monoisotopic (exact) mass is 632 g/mol. The largest absolute Gasteiger partial charge is 0.394 e. The Labute approximate surface area is 278 Å². The third kappa shape index (κ3) is 30.7. The number of allylic oxidation sites excluding steroid dienone is 8. The van der Waals surface area contributed by atoms with Crippen molar-refractivity contribution in [2.75, 3.05) is 6.61 Å². The molecule has 0 radical (unpaired) electrons. The summed E-state index contributed by atoms with van der Waals surface area (Å²) in [4.78, 5) is 12.4. The first-order chi connectivity index (χ1) is 22.1. The molecule has 5 nitrogen and oxygen atoms in total. The van der Waals surface area contributed by atoms with Gasteiger partial charge in [-0.3, -0.25) is 4.79 Å². The van der Waals surface area contributed by atoms with Crippen molar-refractivity contribution >= 4 is 5.91 Å². The topological polar surface area (TPSA) is 89.8 Å². The highest BCUT2D eigenvalue weighted by Crippen LogP contribution is 2.13. The molecule has 0 aromatic carbocycles. The van der Waals surface area contributed by atoms with E-state index in [0.29, 0.717) is 12.8 Å². The second-order valence-electron chi connectivity index (χ2n) is 12.8. The van der Waals surface area contributed by atoms with Gasteiger partial charge in [0.25, 0.3) is 0 Å². The molecular weight excluding hydrogens is 558 g/mol. The van der Waals surface area contributed by atoms with Crippen LogP contribution in [0, 0.1) is 0 Å². The minimum Gasteiger partial charge on any atom is -0.394 e. The predicted octanol–water partition coefficient (Wildman–Crippen LogP) is 10.2. The first-order valence-electron chi connectivity index (χ1n) is 18.9. The zero-order valence-corrected chi connectivity index (χ0v) is 29.5. The van der Waals surface area contributed by atoms with E-state index in [2.05, 4.69) is 67.8 Å². The molecular formula is C40H73NO4. The fraction of sp³-hybridized carbons (Fsp3) is 0.775. The van der Waals surface area contributed by atoms with Gasteiger partial charge in [0.2, 0.25) is 5.91 Å². The lowest BCUT2D eigenvalue weighted by Crippen LogP contribution is -2.50. The number of amides is 1. The Kier molecular flexibility index (Phi) is 33.8. The zero-order valence-electron chi connectivity index (χ0n) is 29.5. The fourth-order valence-electron chi connectivity index (χ4n) is 5.38. The molecule has 0 aromatic heterocycles.